The van der Waals surface area contributed by atoms with E-state index in [2.05, 4.69) is 6.92 Å². The number of piperidine rings is 1. The van der Waals surface area contributed by atoms with Gasteiger partial charge in [-0.1, -0.05) is 13.3 Å². The highest BCUT2D eigenvalue weighted by Gasteiger charge is 2.44. The fourth-order valence-corrected chi connectivity index (χ4v) is 3.66. The van der Waals surface area contributed by atoms with Crippen LogP contribution in [0.4, 0.5) is 4.79 Å². The number of carbonyl (C=O) groups excluding carboxylic acids is 3. The van der Waals surface area contributed by atoms with Crippen LogP contribution in [0.25, 0.3) is 0 Å². The van der Waals surface area contributed by atoms with Crippen molar-refractivity contribution in [3.05, 3.63) is 0 Å². The zero-order chi connectivity index (χ0) is 17.2. The lowest BCUT2D eigenvalue weighted by atomic mass is 9.75. The van der Waals surface area contributed by atoms with Crippen LogP contribution >= 0.6 is 0 Å². The van der Waals surface area contributed by atoms with Crippen molar-refractivity contribution in [3.8, 4) is 0 Å². The molecular formula is C18H29NO4. The average molecular weight is 323 g/mol. The number of ether oxygens (including phenoxy) is 1. The Morgan fingerprint density at radius 2 is 1.83 bits per heavy atom. The van der Waals surface area contributed by atoms with Crippen LogP contribution in [-0.2, 0) is 14.3 Å². The molecule has 1 aliphatic carbocycles. The maximum absolute atomic E-state index is 12.6. The van der Waals surface area contributed by atoms with E-state index in [1.54, 1.807) is 4.90 Å². The smallest absolute Gasteiger partial charge is 0.410 e. The first-order chi connectivity index (χ1) is 10.7. The van der Waals surface area contributed by atoms with E-state index in [0.29, 0.717) is 31.7 Å². The van der Waals surface area contributed by atoms with Crippen molar-refractivity contribution in [2.24, 2.45) is 11.8 Å². The van der Waals surface area contributed by atoms with Gasteiger partial charge in [0.1, 0.15) is 17.2 Å². The van der Waals surface area contributed by atoms with Gasteiger partial charge in [-0.15, -0.1) is 0 Å². The van der Waals surface area contributed by atoms with Crippen LogP contribution in [0.3, 0.4) is 0 Å². The SMILES string of the molecule is CCC1CCN(C(=O)OC(C)(C)C)C(C2C(=O)CCCC2=O)C1. The first-order valence-corrected chi connectivity index (χ1v) is 8.78. The summed E-state index contributed by atoms with van der Waals surface area (Å²) in [5.41, 5.74) is -0.580. The second-order valence-electron chi connectivity index (χ2n) is 7.80. The van der Waals surface area contributed by atoms with Gasteiger partial charge in [0.05, 0.1) is 12.0 Å². The Bertz CT molecular complexity index is 464. The van der Waals surface area contributed by atoms with Crippen LogP contribution in [-0.4, -0.2) is 40.7 Å². The minimum atomic E-state index is -0.648. The van der Waals surface area contributed by atoms with E-state index in [1.807, 2.05) is 20.8 Å². The van der Waals surface area contributed by atoms with Crippen LogP contribution in [0.5, 0.6) is 0 Å². The zero-order valence-electron chi connectivity index (χ0n) is 14.8. The molecule has 0 aromatic heterocycles. The summed E-state index contributed by atoms with van der Waals surface area (Å²) in [4.78, 5) is 38.9. The first kappa shape index (κ1) is 18.0. The second kappa shape index (κ2) is 7.02. The average Bonchev–Trinajstić information content (AvgIpc) is 2.45. The summed E-state index contributed by atoms with van der Waals surface area (Å²) in [5, 5.41) is 0. The van der Waals surface area contributed by atoms with E-state index in [9.17, 15) is 14.4 Å². The van der Waals surface area contributed by atoms with Crippen molar-refractivity contribution < 1.29 is 19.1 Å². The minimum Gasteiger partial charge on any atom is -0.444 e. The van der Waals surface area contributed by atoms with E-state index in [0.717, 1.165) is 19.3 Å². The van der Waals surface area contributed by atoms with Gasteiger partial charge >= 0.3 is 6.09 Å². The Morgan fingerprint density at radius 1 is 1.22 bits per heavy atom. The summed E-state index contributed by atoms with van der Waals surface area (Å²) >= 11 is 0. The van der Waals surface area contributed by atoms with Gasteiger partial charge in [-0.2, -0.15) is 0 Å². The lowest BCUT2D eigenvalue weighted by Crippen LogP contribution is -2.55. The molecule has 2 fully saturated rings. The van der Waals surface area contributed by atoms with E-state index < -0.39 is 17.6 Å². The number of hydrogen-bond acceptors (Lipinski definition) is 4. The van der Waals surface area contributed by atoms with Crippen LogP contribution in [0.15, 0.2) is 0 Å². The minimum absolute atomic E-state index is 0.00318. The van der Waals surface area contributed by atoms with Gasteiger partial charge in [-0.3, -0.25) is 9.59 Å². The summed E-state index contributed by atoms with van der Waals surface area (Å²) in [5.74, 6) is -0.194. The molecule has 0 aromatic carbocycles. The van der Waals surface area contributed by atoms with Crippen LogP contribution in [0.1, 0.15) is 66.2 Å². The number of carbonyl (C=O) groups is 3. The van der Waals surface area contributed by atoms with Crippen molar-refractivity contribution in [2.45, 2.75) is 77.9 Å². The number of ketones is 2. The zero-order valence-corrected chi connectivity index (χ0v) is 14.8. The standard InChI is InChI=1S/C18H29NO4/c1-5-12-9-10-19(17(22)23-18(2,3)4)13(11-12)16-14(20)7-6-8-15(16)21/h12-13,16H,5-11H2,1-4H3. The van der Waals surface area contributed by atoms with E-state index in [-0.39, 0.29) is 17.6 Å². The predicted molar refractivity (Wildman–Crippen MR) is 87.1 cm³/mol. The number of Topliss-reactive ketones (excluding diaryl/α,β-unsaturated/α-hetero) is 2. The lowest BCUT2D eigenvalue weighted by molar-refractivity contribution is -0.139. The fourth-order valence-electron chi connectivity index (χ4n) is 3.66. The van der Waals surface area contributed by atoms with Gasteiger partial charge in [0.2, 0.25) is 0 Å². The Labute approximate surface area is 138 Å². The molecule has 2 aliphatic rings. The molecule has 0 aromatic rings. The predicted octanol–water partition coefficient (Wildman–Crippen LogP) is 3.35. The molecule has 5 heteroatoms. The van der Waals surface area contributed by atoms with Crippen molar-refractivity contribution >= 4 is 17.7 Å². The third kappa shape index (κ3) is 4.33. The number of hydrogen-bond donors (Lipinski definition) is 0. The largest absolute Gasteiger partial charge is 0.444 e. The molecule has 0 N–H and O–H groups in total. The number of likely N-dealkylation sites (tertiary alicyclic amines) is 1. The van der Waals surface area contributed by atoms with Gasteiger partial charge in [0.15, 0.2) is 0 Å². The van der Waals surface area contributed by atoms with E-state index >= 15 is 0 Å². The third-order valence-corrected chi connectivity index (χ3v) is 4.88. The van der Waals surface area contributed by atoms with E-state index in [4.69, 9.17) is 4.74 Å². The van der Waals surface area contributed by atoms with Crippen LogP contribution in [0, 0.1) is 11.8 Å². The van der Waals surface area contributed by atoms with Gasteiger partial charge in [-0.25, -0.2) is 4.79 Å². The normalized spacial score (nSPS) is 27.2. The maximum Gasteiger partial charge on any atom is 0.410 e. The highest BCUT2D eigenvalue weighted by atomic mass is 16.6. The topological polar surface area (TPSA) is 63.7 Å². The maximum atomic E-state index is 12.6. The summed E-state index contributed by atoms with van der Waals surface area (Å²) in [6.45, 7) is 8.17. The molecule has 1 saturated heterocycles. The molecule has 130 valence electrons. The highest BCUT2D eigenvalue weighted by Crippen LogP contribution is 2.34. The third-order valence-electron chi connectivity index (χ3n) is 4.88. The molecule has 0 spiro atoms. The highest BCUT2D eigenvalue weighted by molar-refractivity contribution is 6.05. The Kier molecular flexibility index (Phi) is 5.48. The molecule has 0 bridgehead atoms. The lowest BCUT2D eigenvalue weighted by Gasteiger charge is -2.43. The van der Waals surface area contributed by atoms with Crippen LogP contribution in [0.2, 0.25) is 0 Å². The Balaban J connectivity index is 2.22. The van der Waals surface area contributed by atoms with Crippen molar-refractivity contribution in [3.63, 3.8) is 0 Å². The molecule has 2 rings (SSSR count). The summed E-state index contributed by atoms with van der Waals surface area (Å²) in [6, 6.07) is -0.330. The van der Waals surface area contributed by atoms with Crippen molar-refractivity contribution in [2.75, 3.05) is 6.54 Å². The molecule has 1 saturated carbocycles. The molecule has 0 radical (unpaired) electrons. The monoisotopic (exact) mass is 323 g/mol. The molecule has 1 aliphatic heterocycles. The van der Waals surface area contributed by atoms with Crippen molar-refractivity contribution in [1.29, 1.82) is 0 Å². The molecular weight excluding hydrogens is 294 g/mol. The van der Waals surface area contributed by atoms with Gasteiger partial charge in [-0.05, 0) is 46.0 Å². The Morgan fingerprint density at radius 3 is 2.35 bits per heavy atom. The summed E-state index contributed by atoms with van der Waals surface area (Å²) in [6.07, 6.45) is 3.78. The van der Waals surface area contributed by atoms with Crippen molar-refractivity contribution in [1.82, 2.24) is 4.90 Å². The molecule has 2 unspecified atom stereocenters. The fraction of sp³-hybridized carbons (Fsp3) is 0.833. The quantitative estimate of drug-likeness (QED) is 0.731. The number of rotatable bonds is 2. The molecule has 1 amide bonds. The second-order valence-corrected chi connectivity index (χ2v) is 7.80. The van der Waals surface area contributed by atoms with Gasteiger partial charge in [0, 0.05) is 19.4 Å². The molecule has 2 atom stereocenters. The molecule has 23 heavy (non-hydrogen) atoms. The molecule has 5 nitrogen and oxygen atoms in total. The summed E-state index contributed by atoms with van der Waals surface area (Å²) in [7, 11) is 0. The number of nitrogens with zero attached hydrogens (tertiary/aromatic N) is 1. The molecule has 1 heterocycles. The van der Waals surface area contributed by atoms with Crippen LogP contribution < -0.4 is 0 Å². The first-order valence-electron chi connectivity index (χ1n) is 8.78. The van der Waals surface area contributed by atoms with E-state index in [1.165, 1.54) is 0 Å². The van der Waals surface area contributed by atoms with Gasteiger partial charge in [0.25, 0.3) is 0 Å². The number of amides is 1. The summed E-state index contributed by atoms with van der Waals surface area (Å²) < 4.78 is 5.50. The Hall–Kier alpha value is -1.39. The van der Waals surface area contributed by atoms with Gasteiger partial charge < -0.3 is 9.64 Å².